The Morgan fingerprint density at radius 3 is 2.47 bits per heavy atom. The standard InChI is InChI=1S/C16H24N2O/c1-11(2)15(12-7-4-3-5-8-12)18-16(19)13-9-6-10-14(13)17/h3-5,7-8,11,13-15H,6,9-10,17H2,1-2H3,(H,18,19). The van der Waals surface area contributed by atoms with E-state index in [0.717, 1.165) is 24.8 Å². The van der Waals surface area contributed by atoms with Crippen LogP contribution in [0.15, 0.2) is 30.3 Å². The normalized spacial score (nSPS) is 24.4. The average Bonchev–Trinajstić information content (AvgIpc) is 2.82. The van der Waals surface area contributed by atoms with Crippen LogP contribution in [0.25, 0.3) is 0 Å². The Bertz CT molecular complexity index is 416. The van der Waals surface area contributed by atoms with E-state index in [4.69, 9.17) is 5.73 Å². The van der Waals surface area contributed by atoms with Crippen LogP contribution in [-0.4, -0.2) is 11.9 Å². The highest BCUT2D eigenvalue weighted by atomic mass is 16.2. The van der Waals surface area contributed by atoms with Crippen LogP contribution >= 0.6 is 0 Å². The number of hydrogen-bond acceptors (Lipinski definition) is 2. The third-order valence-corrected chi connectivity index (χ3v) is 4.03. The van der Waals surface area contributed by atoms with E-state index in [1.165, 1.54) is 0 Å². The van der Waals surface area contributed by atoms with Gasteiger partial charge < -0.3 is 11.1 Å². The van der Waals surface area contributed by atoms with E-state index in [-0.39, 0.29) is 23.9 Å². The van der Waals surface area contributed by atoms with E-state index in [1.54, 1.807) is 0 Å². The highest BCUT2D eigenvalue weighted by Crippen LogP contribution is 2.27. The molecule has 1 amide bonds. The number of carbonyl (C=O) groups excluding carboxylic acids is 1. The molecule has 0 saturated heterocycles. The summed E-state index contributed by atoms with van der Waals surface area (Å²) in [4.78, 5) is 12.4. The second-order valence-corrected chi connectivity index (χ2v) is 5.84. The first-order valence-corrected chi connectivity index (χ1v) is 7.20. The lowest BCUT2D eigenvalue weighted by molar-refractivity contribution is -0.126. The Morgan fingerprint density at radius 2 is 1.95 bits per heavy atom. The number of nitrogens with two attached hydrogens (primary N) is 1. The Morgan fingerprint density at radius 1 is 1.26 bits per heavy atom. The summed E-state index contributed by atoms with van der Waals surface area (Å²) in [7, 11) is 0. The van der Waals surface area contributed by atoms with Crippen molar-refractivity contribution >= 4 is 5.91 Å². The van der Waals surface area contributed by atoms with Gasteiger partial charge >= 0.3 is 0 Å². The Hall–Kier alpha value is -1.35. The van der Waals surface area contributed by atoms with Crippen molar-refractivity contribution in [3.05, 3.63) is 35.9 Å². The molecule has 3 heteroatoms. The van der Waals surface area contributed by atoms with E-state index in [0.29, 0.717) is 5.92 Å². The minimum absolute atomic E-state index is 0.00929. The van der Waals surface area contributed by atoms with Crippen molar-refractivity contribution in [2.24, 2.45) is 17.6 Å². The molecule has 2 rings (SSSR count). The van der Waals surface area contributed by atoms with Crippen LogP contribution in [0.1, 0.15) is 44.7 Å². The van der Waals surface area contributed by atoms with Gasteiger partial charge in [-0.3, -0.25) is 4.79 Å². The van der Waals surface area contributed by atoms with Gasteiger partial charge in [-0.05, 0) is 24.3 Å². The molecule has 1 fully saturated rings. The van der Waals surface area contributed by atoms with E-state index in [1.807, 2.05) is 18.2 Å². The molecule has 0 radical (unpaired) electrons. The summed E-state index contributed by atoms with van der Waals surface area (Å²) in [5.41, 5.74) is 7.17. The third-order valence-electron chi connectivity index (χ3n) is 4.03. The predicted octanol–water partition coefficient (Wildman–Crippen LogP) is 2.63. The maximum Gasteiger partial charge on any atom is 0.225 e. The zero-order valence-corrected chi connectivity index (χ0v) is 11.8. The first kappa shape index (κ1) is 14.1. The van der Waals surface area contributed by atoms with E-state index >= 15 is 0 Å². The zero-order valence-electron chi connectivity index (χ0n) is 11.8. The molecule has 0 aliphatic heterocycles. The molecular weight excluding hydrogens is 236 g/mol. The summed E-state index contributed by atoms with van der Waals surface area (Å²) >= 11 is 0. The second kappa shape index (κ2) is 6.20. The van der Waals surface area contributed by atoms with Crippen LogP contribution in [-0.2, 0) is 4.79 Å². The molecule has 3 nitrogen and oxygen atoms in total. The largest absolute Gasteiger partial charge is 0.349 e. The molecule has 3 atom stereocenters. The topological polar surface area (TPSA) is 55.1 Å². The van der Waals surface area contributed by atoms with Gasteiger partial charge in [-0.25, -0.2) is 0 Å². The Labute approximate surface area is 115 Å². The lowest BCUT2D eigenvalue weighted by atomic mass is 9.94. The van der Waals surface area contributed by atoms with Crippen LogP contribution in [0, 0.1) is 11.8 Å². The summed E-state index contributed by atoms with van der Waals surface area (Å²) in [5.74, 6) is 0.474. The molecule has 19 heavy (non-hydrogen) atoms. The quantitative estimate of drug-likeness (QED) is 0.874. The van der Waals surface area contributed by atoms with Gasteiger partial charge in [0.25, 0.3) is 0 Å². The molecule has 0 bridgehead atoms. The first-order chi connectivity index (χ1) is 9.09. The van der Waals surface area contributed by atoms with Gasteiger partial charge in [-0.2, -0.15) is 0 Å². The molecule has 1 aliphatic carbocycles. The van der Waals surface area contributed by atoms with Crippen molar-refractivity contribution in [1.82, 2.24) is 5.32 Å². The number of rotatable bonds is 4. The molecule has 104 valence electrons. The molecule has 3 unspecified atom stereocenters. The second-order valence-electron chi connectivity index (χ2n) is 5.84. The fourth-order valence-electron chi connectivity index (χ4n) is 2.87. The number of nitrogens with one attached hydrogen (secondary N) is 1. The van der Waals surface area contributed by atoms with Gasteiger partial charge in [0.1, 0.15) is 0 Å². The van der Waals surface area contributed by atoms with Crippen molar-refractivity contribution in [2.75, 3.05) is 0 Å². The smallest absolute Gasteiger partial charge is 0.225 e. The molecule has 0 spiro atoms. The summed E-state index contributed by atoms with van der Waals surface area (Å²) in [6.07, 6.45) is 2.96. The van der Waals surface area contributed by atoms with Gasteiger partial charge in [-0.1, -0.05) is 50.6 Å². The maximum atomic E-state index is 12.4. The molecule has 0 aromatic heterocycles. The van der Waals surface area contributed by atoms with Gasteiger partial charge in [0.2, 0.25) is 5.91 Å². The molecule has 1 aliphatic rings. The van der Waals surface area contributed by atoms with E-state index < -0.39 is 0 Å². The number of amides is 1. The van der Waals surface area contributed by atoms with Crippen LogP contribution in [0.3, 0.4) is 0 Å². The van der Waals surface area contributed by atoms with Crippen molar-refractivity contribution < 1.29 is 4.79 Å². The summed E-state index contributed by atoms with van der Waals surface area (Å²) < 4.78 is 0. The molecule has 1 aromatic rings. The van der Waals surface area contributed by atoms with Crippen molar-refractivity contribution in [1.29, 1.82) is 0 Å². The van der Waals surface area contributed by atoms with Crippen molar-refractivity contribution in [3.8, 4) is 0 Å². The molecular formula is C16H24N2O. The van der Waals surface area contributed by atoms with Gasteiger partial charge in [0.15, 0.2) is 0 Å². The molecule has 1 aromatic carbocycles. The van der Waals surface area contributed by atoms with Crippen LogP contribution in [0.5, 0.6) is 0 Å². The fraction of sp³-hybridized carbons (Fsp3) is 0.562. The average molecular weight is 260 g/mol. The fourth-order valence-corrected chi connectivity index (χ4v) is 2.87. The lowest BCUT2D eigenvalue weighted by Crippen LogP contribution is -2.41. The summed E-state index contributed by atoms with van der Waals surface area (Å²) in [5, 5.41) is 3.19. The molecule has 0 heterocycles. The number of hydrogen-bond donors (Lipinski definition) is 2. The maximum absolute atomic E-state index is 12.4. The monoisotopic (exact) mass is 260 g/mol. The zero-order chi connectivity index (χ0) is 13.8. The first-order valence-electron chi connectivity index (χ1n) is 7.20. The summed E-state index contributed by atoms with van der Waals surface area (Å²) in [6, 6.07) is 10.3. The van der Waals surface area contributed by atoms with Crippen molar-refractivity contribution in [2.45, 2.75) is 45.2 Å². The lowest BCUT2D eigenvalue weighted by Gasteiger charge is -2.25. The van der Waals surface area contributed by atoms with E-state index in [2.05, 4.69) is 31.3 Å². The highest BCUT2D eigenvalue weighted by Gasteiger charge is 2.32. The van der Waals surface area contributed by atoms with E-state index in [9.17, 15) is 4.79 Å². The summed E-state index contributed by atoms with van der Waals surface area (Å²) in [6.45, 7) is 4.26. The van der Waals surface area contributed by atoms with Gasteiger partial charge in [-0.15, -0.1) is 0 Å². The highest BCUT2D eigenvalue weighted by molar-refractivity contribution is 5.80. The minimum atomic E-state index is -0.00929. The SMILES string of the molecule is CC(C)C(NC(=O)C1CCCC1N)c1ccccc1. The number of benzene rings is 1. The molecule has 1 saturated carbocycles. The van der Waals surface area contributed by atoms with Crippen LogP contribution in [0.2, 0.25) is 0 Å². The number of carbonyl (C=O) groups is 1. The van der Waals surface area contributed by atoms with Gasteiger partial charge in [0, 0.05) is 6.04 Å². The molecule has 3 N–H and O–H groups in total. The van der Waals surface area contributed by atoms with Crippen LogP contribution in [0.4, 0.5) is 0 Å². The predicted molar refractivity (Wildman–Crippen MR) is 77.5 cm³/mol. The Kier molecular flexibility index (Phi) is 4.59. The van der Waals surface area contributed by atoms with Crippen LogP contribution < -0.4 is 11.1 Å². The Balaban J connectivity index is 2.07. The minimum Gasteiger partial charge on any atom is -0.349 e. The van der Waals surface area contributed by atoms with Crippen molar-refractivity contribution in [3.63, 3.8) is 0 Å². The third kappa shape index (κ3) is 3.35. The van der Waals surface area contributed by atoms with Gasteiger partial charge in [0.05, 0.1) is 12.0 Å².